The molecule has 0 fully saturated rings. The molecule has 1 atom stereocenters. The Morgan fingerprint density at radius 1 is 1.19 bits per heavy atom. The lowest BCUT2D eigenvalue weighted by Gasteiger charge is -2.16. The van der Waals surface area contributed by atoms with Crippen LogP contribution in [0, 0.1) is 0 Å². The van der Waals surface area contributed by atoms with Crippen LogP contribution in [0.2, 0.25) is 0 Å². The van der Waals surface area contributed by atoms with Crippen LogP contribution in [-0.4, -0.2) is 0 Å². The van der Waals surface area contributed by atoms with Gasteiger partial charge in [0.2, 0.25) is 0 Å². The molecule has 0 amide bonds. The van der Waals surface area contributed by atoms with Crippen LogP contribution >= 0.6 is 11.3 Å². The normalized spacial score (nSPS) is 12.6. The Morgan fingerprint density at radius 2 is 2.00 bits per heavy atom. The summed E-state index contributed by atoms with van der Waals surface area (Å²) in [6.07, 6.45) is 1.12. The molecule has 16 heavy (non-hydrogen) atoms. The molecule has 1 aromatic heterocycles. The van der Waals surface area contributed by atoms with E-state index in [4.69, 9.17) is 0 Å². The molecule has 1 N–H and O–H groups in total. The minimum atomic E-state index is 0.459. The number of thiophene rings is 1. The topological polar surface area (TPSA) is 12.0 Å². The van der Waals surface area contributed by atoms with Crippen LogP contribution in [0.25, 0.3) is 0 Å². The molecule has 0 saturated heterocycles. The number of hydrogen-bond acceptors (Lipinski definition) is 2. The number of nitrogens with one attached hydrogen (secondary N) is 1. The summed E-state index contributed by atoms with van der Waals surface area (Å²) in [5.41, 5.74) is 2.75. The molecule has 84 valence electrons. The molecule has 2 heteroatoms. The van der Waals surface area contributed by atoms with Gasteiger partial charge in [0.05, 0.1) is 0 Å². The summed E-state index contributed by atoms with van der Waals surface area (Å²) in [5, 5.41) is 7.92. The van der Waals surface area contributed by atoms with Gasteiger partial charge in [0.1, 0.15) is 0 Å². The van der Waals surface area contributed by atoms with Crippen LogP contribution in [0.3, 0.4) is 0 Å². The van der Waals surface area contributed by atoms with Gasteiger partial charge < -0.3 is 5.32 Å². The lowest BCUT2D eigenvalue weighted by molar-refractivity contribution is 0.519. The minimum Gasteiger partial charge on any atom is -0.306 e. The highest BCUT2D eigenvalue weighted by Gasteiger charge is 2.07. The second-order valence-corrected chi connectivity index (χ2v) is 4.66. The van der Waals surface area contributed by atoms with Gasteiger partial charge in [0, 0.05) is 12.6 Å². The minimum absolute atomic E-state index is 0.459. The van der Waals surface area contributed by atoms with Gasteiger partial charge in [0.15, 0.2) is 0 Å². The summed E-state index contributed by atoms with van der Waals surface area (Å²) < 4.78 is 0. The van der Waals surface area contributed by atoms with E-state index in [2.05, 4.69) is 59.4 Å². The van der Waals surface area contributed by atoms with E-state index in [1.807, 2.05) is 0 Å². The maximum atomic E-state index is 3.59. The third-order valence-corrected chi connectivity index (χ3v) is 3.47. The van der Waals surface area contributed by atoms with Gasteiger partial charge in [-0.3, -0.25) is 0 Å². The monoisotopic (exact) mass is 231 g/mol. The van der Waals surface area contributed by atoms with Gasteiger partial charge in [-0.15, -0.1) is 0 Å². The number of benzene rings is 1. The van der Waals surface area contributed by atoms with Crippen molar-refractivity contribution < 1.29 is 0 Å². The third-order valence-electron chi connectivity index (χ3n) is 2.74. The van der Waals surface area contributed by atoms with Gasteiger partial charge >= 0.3 is 0 Å². The van der Waals surface area contributed by atoms with Crippen molar-refractivity contribution in [3.8, 4) is 0 Å². The van der Waals surface area contributed by atoms with Gasteiger partial charge in [-0.25, -0.2) is 0 Å². The Kier molecular flexibility index (Phi) is 4.14. The molecule has 1 aromatic carbocycles. The summed E-state index contributed by atoms with van der Waals surface area (Å²) in [4.78, 5) is 0. The summed E-state index contributed by atoms with van der Waals surface area (Å²) in [5.74, 6) is 0. The van der Waals surface area contributed by atoms with Gasteiger partial charge in [-0.2, -0.15) is 11.3 Å². The first-order valence-electron chi connectivity index (χ1n) is 5.69. The zero-order valence-electron chi connectivity index (χ0n) is 9.52. The highest BCUT2D eigenvalue weighted by atomic mass is 32.1. The van der Waals surface area contributed by atoms with Crippen molar-refractivity contribution in [2.45, 2.75) is 25.9 Å². The van der Waals surface area contributed by atoms with Gasteiger partial charge in [0.25, 0.3) is 0 Å². The predicted octanol–water partition coefficient (Wildman–Crippen LogP) is 3.99. The molecule has 0 aliphatic carbocycles. The van der Waals surface area contributed by atoms with E-state index < -0.39 is 0 Å². The highest BCUT2D eigenvalue weighted by Crippen LogP contribution is 2.17. The first-order chi connectivity index (χ1) is 7.90. The molecule has 1 unspecified atom stereocenters. The average molecular weight is 231 g/mol. The summed E-state index contributed by atoms with van der Waals surface area (Å²) in [7, 11) is 0. The fourth-order valence-electron chi connectivity index (χ4n) is 1.82. The molecule has 0 saturated carbocycles. The molecule has 0 radical (unpaired) electrons. The molecule has 1 heterocycles. The van der Waals surface area contributed by atoms with Crippen molar-refractivity contribution in [3.63, 3.8) is 0 Å². The van der Waals surface area contributed by atoms with Crippen LogP contribution in [0.15, 0.2) is 47.2 Å². The molecule has 0 aliphatic rings. The van der Waals surface area contributed by atoms with Crippen molar-refractivity contribution in [1.29, 1.82) is 0 Å². The van der Waals surface area contributed by atoms with Crippen molar-refractivity contribution in [2.75, 3.05) is 0 Å². The van der Waals surface area contributed by atoms with Crippen LogP contribution in [0.4, 0.5) is 0 Å². The Morgan fingerprint density at radius 3 is 2.62 bits per heavy atom. The van der Waals surface area contributed by atoms with Gasteiger partial charge in [-0.05, 0) is 34.4 Å². The predicted molar refractivity (Wildman–Crippen MR) is 70.6 cm³/mol. The van der Waals surface area contributed by atoms with E-state index in [1.165, 1.54) is 11.1 Å². The van der Waals surface area contributed by atoms with E-state index in [0.717, 1.165) is 13.0 Å². The van der Waals surface area contributed by atoms with Crippen LogP contribution < -0.4 is 5.32 Å². The Labute approximate surface area is 101 Å². The molecular weight excluding hydrogens is 214 g/mol. The average Bonchev–Trinajstić information content (AvgIpc) is 2.84. The zero-order chi connectivity index (χ0) is 11.2. The molecule has 0 spiro atoms. The Bertz CT molecular complexity index is 394. The second-order valence-electron chi connectivity index (χ2n) is 3.88. The van der Waals surface area contributed by atoms with E-state index >= 15 is 0 Å². The quantitative estimate of drug-likeness (QED) is 0.820. The molecule has 2 aromatic rings. The van der Waals surface area contributed by atoms with Crippen molar-refractivity contribution >= 4 is 11.3 Å². The van der Waals surface area contributed by atoms with E-state index in [0.29, 0.717) is 6.04 Å². The van der Waals surface area contributed by atoms with Crippen LogP contribution in [0.5, 0.6) is 0 Å². The number of rotatable bonds is 5. The van der Waals surface area contributed by atoms with Crippen molar-refractivity contribution in [2.24, 2.45) is 0 Å². The van der Waals surface area contributed by atoms with E-state index in [-0.39, 0.29) is 0 Å². The largest absolute Gasteiger partial charge is 0.306 e. The SMILES string of the molecule is CCC(NCc1ccsc1)c1ccccc1. The lowest BCUT2D eigenvalue weighted by atomic mass is 10.0. The number of hydrogen-bond donors (Lipinski definition) is 1. The first kappa shape index (κ1) is 11.4. The maximum absolute atomic E-state index is 3.59. The maximum Gasteiger partial charge on any atom is 0.0320 e. The summed E-state index contributed by atoms with van der Waals surface area (Å²) in [6.45, 7) is 3.18. The Hall–Kier alpha value is -1.12. The highest BCUT2D eigenvalue weighted by molar-refractivity contribution is 7.07. The molecule has 0 bridgehead atoms. The second kappa shape index (κ2) is 5.83. The van der Waals surface area contributed by atoms with Crippen molar-refractivity contribution in [1.82, 2.24) is 5.32 Å². The molecular formula is C14H17NS. The Balaban J connectivity index is 1.96. The van der Waals surface area contributed by atoms with E-state index in [9.17, 15) is 0 Å². The molecule has 0 aliphatic heterocycles. The standard InChI is InChI=1S/C14H17NS/c1-2-14(13-6-4-3-5-7-13)15-10-12-8-9-16-11-12/h3-9,11,14-15H,2,10H2,1H3. The summed E-state index contributed by atoms with van der Waals surface area (Å²) in [6, 6.07) is 13.3. The van der Waals surface area contributed by atoms with Gasteiger partial charge in [-0.1, -0.05) is 37.3 Å². The molecule has 2 rings (SSSR count). The third kappa shape index (κ3) is 2.94. The van der Waals surface area contributed by atoms with E-state index in [1.54, 1.807) is 11.3 Å². The first-order valence-corrected chi connectivity index (χ1v) is 6.64. The zero-order valence-corrected chi connectivity index (χ0v) is 10.3. The smallest absolute Gasteiger partial charge is 0.0320 e. The molecule has 1 nitrogen and oxygen atoms in total. The van der Waals surface area contributed by atoms with Crippen molar-refractivity contribution in [3.05, 3.63) is 58.3 Å². The van der Waals surface area contributed by atoms with Crippen LogP contribution in [-0.2, 0) is 6.54 Å². The fraction of sp³-hybridized carbons (Fsp3) is 0.286. The van der Waals surface area contributed by atoms with Crippen LogP contribution in [0.1, 0.15) is 30.5 Å². The summed E-state index contributed by atoms with van der Waals surface area (Å²) >= 11 is 1.75. The lowest BCUT2D eigenvalue weighted by Crippen LogP contribution is -2.19. The fourth-order valence-corrected chi connectivity index (χ4v) is 2.49.